The van der Waals surface area contributed by atoms with Gasteiger partial charge in [0.25, 0.3) is 0 Å². The molecule has 1 aromatic rings. The van der Waals surface area contributed by atoms with Gasteiger partial charge in [0.15, 0.2) is 0 Å². The molecule has 0 saturated carbocycles. The van der Waals surface area contributed by atoms with Crippen LogP contribution in [0.15, 0.2) is 36.4 Å². The van der Waals surface area contributed by atoms with Crippen molar-refractivity contribution >= 4 is 5.69 Å². The summed E-state index contributed by atoms with van der Waals surface area (Å²) in [5.74, 6) is 0.0159. The molecule has 0 aliphatic heterocycles. The number of nitrogens with one attached hydrogen (secondary N) is 1. The second-order valence-corrected chi connectivity index (χ2v) is 2.41. The van der Waals surface area contributed by atoms with E-state index in [4.69, 9.17) is 0 Å². The van der Waals surface area contributed by atoms with Crippen LogP contribution in [-0.4, -0.2) is 7.05 Å². The van der Waals surface area contributed by atoms with Gasteiger partial charge in [0.2, 0.25) is 0 Å². The van der Waals surface area contributed by atoms with Crippen molar-refractivity contribution in [3.8, 4) is 5.75 Å². The Balaban J connectivity index is 2.82. The monoisotopic (exact) mass is 203 g/mol. The number of benzene rings is 1. The molecule has 0 atom stereocenters. The number of hydrogen-bond donors (Lipinski definition) is 1. The average molecular weight is 203 g/mol. The van der Waals surface area contributed by atoms with E-state index in [9.17, 15) is 13.2 Å². The Hall–Kier alpha value is -1.65. The fraction of sp³-hybridized carbons (Fsp3) is 0.111. The molecular formula is C9H8F3NO. The third-order valence-electron chi connectivity index (χ3n) is 1.48. The maximum atomic E-state index is 12.3. The highest BCUT2D eigenvalue weighted by atomic mass is 19.3. The lowest BCUT2D eigenvalue weighted by Gasteiger charge is -2.04. The van der Waals surface area contributed by atoms with Gasteiger partial charge in [-0.15, -0.1) is 0 Å². The van der Waals surface area contributed by atoms with E-state index in [-0.39, 0.29) is 5.75 Å². The lowest BCUT2D eigenvalue weighted by molar-refractivity contribution is 0.241. The van der Waals surface area contributed by atoms with E-state index in [0.29, 0.717) is 5.69 Å². The Labute approximate surface area is 79.0 Å². The highest BCUT2D eigenvalue weighted by Crippen LogP contribution is 2.21. The van der Waals surface area contributed by atoms with Crippen molar-refractivity contribution in [2.75, 3.05) is 12.4 Å². The molecule has 1 aromatic carbocycles. The number of anilines is 1. The molecule has 0 aromatic heterocycles. The fourth-order valence-corrected chi connectivity index (χ4v) is 0.857. The van der Waals surface area contributed by atoms with Crippen LogP contribution in [0.25, 0.3) is 0 Å². The van der Waals surface area contributed by atoms with Crippen LogP contribution >= 0.6 is 0 Å². The zero-order chi connectivity index (χ0) is 10.6. The molecule has 0 aliphatic carbocycles. The first-order chi connectivity index (χ1) is 6.63. The van der Waals surface area contributed by atoms with Crippen molar-refractivity contribution in [3.63, 3.8) is 0 Å². The Kier molecular flexibility index (Phi) is 3.39. The molecule has 0 radical (unpaired) electrons. The molecule has 0 unspecified atom stereocenters. The van der Waals surface area contributed by atoms with Crippen molar-refractivity contribution in [3.05, 3.63) is 36.4 Å². The van der Waals surface area contributed by atoms with Gasteiger partial charge >= 0.3 is 12.1 Å². The van der Waals surface area contributed by atoms with Gasteiger partial charge in [-0.2, -0.15) is 13.2 Å². The van der Waals surface area contributed by atoms with Crippen LogP contribution in [0, 0.1) is 0 Å². The Morgan fingerprint density at radius 3 is 2.57 bits per heavy atom. The van der Waals surface area contributed by atoms with Crippen LogP contribution in [0.2, 0.25) is 0 Å². The smallest absolute Gasteiger partial charge is 0.344 e. The van der Waals surface area contributed by atoms with Crippen LogP contribution in [0.4, 0.5) is 18.9 Å². The van der Waals surface area contributed by atoms with Gasteiger partial charge in [0.05, 0.1) is 0 Å². The molecule has 0 fully saturated rings. The van der Waals surface area contributed by atoms with Crippen molar-refractivity contribution in [2.24, 2.45) is 0 Å². The number of halogens is 3. The van der Waals surface area contributed by atoms with E-state index in [1.807, 2.05) is 0 Å². The maximum Gasteiger partial charge on any atom is 0.344 e. The molecule has 0 spiro atoms. The van der Waals surface area contributed by atoms with E-state index < -0.39 is 12.1 Å². The summed E-state index contributed by atoms with van der Waals surface area (Å²) >= 11 is 0. The van der Waals surface area contributed by atoms with E-state index in [0.717, 1.165) is 0 Å². The quantitative estimate of drug-likeness (QED) is 0.762. The molecule has 76 valence electrons. The largest absolute Gasteiger partial charge is 0.428 e. The summed E-state index contributed by atoms with van der Waals surface area (Å²) < 4.78 is 39.9. The number of rotatable bonds is 3. The highest BCUT2D eigenvalue weighted by Gasteiger charge is 2.07. The molecule has 0 amide bonds. The molecule has 0 bridgehead atoms. The third-order valence-corrected chi connectivity index (χ3v) is 1.48. The highest BCUT2D eigenvalue weighted by molar-refractivity contribution is 5.47. The van der Waals surface area contributed by atoms with Crippen LogP contribution in [0.5, 0.6) is 5.75 Å². The van der Waals surface area contributed by atoms with Crippen molar-refractivity contribution < 1.29 is 17.9 Å². The first-order valence-corrected chi connectivity index (χ1v) is 3.80. The summed E-state index contributed by atoms with van der Waals surface area (Å²) in [4.78, 5) is 0. The summed E-state index contributed by atoms with van der Waals surface area (Å²) in [7, 11) is 1.65. The molecule has 1 N–H and O–H groups in total. The lowest BCUT2D eigenvalue weighted by atomic mass is 10.3. The van der Waals surface area contributed by atoms with Crippen LogP contribution in [0.3, 0.4) is 0 Å². The van der Waals surface area contributed by atoms with Gasteiger partial charge in [-0.25, -0.2) is 0 Å². The summed E-state index contributed by atoms with van der Waals surface area (Å²) in [5.41, 5.74) is 0.648. The fourth-order valence-electron chi connectivity index (χ4n) is 0.857. The summed E-state index contributed by atoms with van der Waals surface area (Å²) in [6.07, 6.45) is -2.47. The van der Waals surface area contributed by atoms with Crippen LogP contribution in [0.1, 0.15) is 0 Å². The molecule has 0 saturated heterocycles. The van der Waals surface area contributed by atoms with Gasteiger partial charge in [-0.1, -0.05) is 6.07 Å². The van der Waals surface area contributed by atoms with Crippen molar-refractivity contribution in [2.45, 2.75) is 0 Å². The van der Waals surface area contributed by atoms with E-state index in [1.165, 1.54) is 12.1 Å². The standard InChI is InChI=1S/C9H8F3NO/c1-13-6-3-2-4-7(5-6)14-9(12)8(10)11/h2-5,13H,1H3. The van der Waals surface area contributed by atoms with Crippen LogP contribution in [-0.2, 0) is 0 Å². The second-order valence-electron chi connectivity index (χ2n) is 2.41. The minimum atomic E-state index is -2.47. The predicted molar refractivity (Wildman–Crippen MR) is 47.0 cm³/mol. The summed E-state index contributed by atoms with van der Waals surface area (Å²) in [6, 6.07) is 4.16. The molecule has 5 heteroatoms. The Morgan fingerprint density at radius 2 is 2.00 bits per heavy atom. The molecule has 14 heavy (non-hydrogen) atoms. The van der Waals surface area contributed by atoms with E-state index >= 15 is 0 Å². The third kappa shape index (κ3) is 2.69. The first-order valence-electron chi connectivity index (χ1n) is 3.80. The van der Waals surface area contributed by atoms with Gasteiger partial charge < -0.3 is 10.1 Å². The SMILES string of the molecule is CNc1cccc(OC(F)=C(F)F)c1. The van der Waals surface area contributed by atoms with Gasteiger partial charge in [-0.3, -0.25) is 0 Å². The molecule has 2 nitrogen and oxygen atoms in total. The summed E-state index contributed by atoms with van der Waals surface area (Å²) in [6.45, 7) is 0. The van der Waals surface area contributed by atoms with E-state index in [2.05, 4.69) is 10.1 Å². The average Bonchev–Trinajstić information content (AvgIpc) is 2.18. The zero-order valence-electron chi connectivity index (χ0n) is 7.35. The van der Waals surface area contributed by atoms with Crippen molar-refractivity contribution in [1.82, 2.24) is 0 Å². The minimum Gasteiger partial charge on any atom is -0.428 e. The first kappa shape index (κ1) is 10.4. The van der Waals surface area contributed by atoms with Gasteiger partial charge in [-0.05, 0) is 12.1 Å². The number of hydrogen-bond acceptors (Lipinski definition) is 2. The maximum absolute atomic E-state index is 12.3. The summed E-state index contributed by atoms with van der Waals surface area (Å²) in [5, 5.41) is 2.76. The molecular weight excluding hydrogens is 195 g/mol. The Morgan fingerprint density at radius 1 is 1.29 bits per heavy atom. The van der Waals surface area contributed by atoms with Crippen LogP contribution < -0.4 is 10.1 Å². The van der Waals surface area contributed by atoms with Crippen molar-refractivity contribution in [1.29, 1.82) is 0 Å². The molecule has 1 rings (SSSR count). The second kappa shape index (κ2) is 4.55. The zero-order valence-corrected chi connectivity index (χ0v) is 7.35. The Bertz CT molecular complexity index is 348. The minimum absolute atomic E-state index is 0.0159. The van der Waals surface area contributed by atoms with Gasteiger partial charge in [0.1, 0.15) is 5.75 Å². The topological polar surface area (TPSA) is 21.3 Å². The van der Waals surface area contributed by atoms with E-state index in [1.54, 1.807) is 19.2 Å². The number of ether oxygens (including phenoxy) is 1. The molecule has 0 aliphatic rings. The normalized spacial score (nSPS) is 9.43. The molecule has 0 heterocycles. The van der Waals surface area contributed by atoms with Gasteiger partial charge in [0, 0.05) is 18.8 Å². The predicted octanol–water partition coefficient (Wildman–Crippen LogP) is 3.14. The lowest BCUT2D eigenvalue weighted by Crippen LogP contribution is -1.92.